The fourth-order valence-electron chi connectivity index (χ4n) is 9.83. The number of rotatable bonds is 25. The number of urea groups is 1. The molecule has 466 valence electrons. The van der Waals surface area contributed by atoms with Gasteiger partial charge in [-0.1, -0.05) is 113 Å². The summed E-state index contributed by atoms with van der Waals surface area (Å²) in [6.07, 6.45) is 1.23. The van der Waals surface area contributed by atoms with Crippen LogP contribution in [0.3, 0.4) is 0 Å². The maximum atomic E-state index is 15.2. The van der Waals surface area contributed by atoms with Crippen LogP contribution in [0.4, 0.5) is 4.79 Å². The van der Waals surface area contributed by atoms with Gasteiger partial charge in [-0.2, -0.15) is 0 Å². The molecule has 4 aromatic carbocycles. The summed E-state index contributed by atoms with van der Waals surface area (Å²) >= 11 is 0. The number of hydrogen-bond acceptors (Lipinski definition) is 13. The molecule has 24 heteroatoms. The molecule has 1 aliphatic rings. The summed E-state index contributed by atoms with van der Waals surface area (Å²) < 4.78 is 0. The van der Waals surface area contributed by atoms with Crippen LogP contribution in [0.15, 0.2) is 97.1 Å². The lowest BCUT2D eigenvalue weighted by Crippen LogP contribution is -2.59. The topological polar surface area (TPSA) is 367 Å². The number of unbranched alkanes of at least 4 members (excludes halogenated alkanes) is 2. The quantitative estimate of drug-likeness (QED) is 0.0414. The van der Waals surface area contributed by atoms with E-state index in [-0.39, 0.29) is 69.4 Å². The predicted molar refractivity (Wildman–Crippen MR) is 325 cm³/mol. The van der Waals surface area contributed by atoms with Crippen LogP contribution >= 0.6 is 0 Å². The van der Waals surface area contributed by atoms with E-state index in [1.807, 2.05) is 64.1 Å². The van der Waals surface area contributed by atoms with Gasteiger partial charge in [-0.25, -0.2) is 4.79 Å². The van der Waals surface area contributed by atoms with Gasteiger partial charge in [0.05, 0.1) is 13.1 Å². The molecule has 0 spiro atoms. The Bertz CT molecular complexity index is 2910. The average Bonchev–Trinajstić information content (AvgIpc) is 3.62. The van der Waals surface area contributed by atoms with Crippen molar-refractivity contribution in [1.29, 1.82) is 0 Å². The first-order valence-electron chi connectivity index (χ1n) is 29.6. The van der Waals surface area contributed by atoms with Crippen molar-refractivity contribution in [3.05, 3.63) is 114 Å². The van der Waals surface area contributed by atoms with Gasteiger partial charge in [0.15, 0.2) is 0 Å². The molecular weight excluding hydrogens is 1100 g/mol. The smallest absolute Gasteiger partial charge is 0.312 e. The van der Waals surface area contributed by atoms with Crippen LogP contribution in [0.2, 0.25) is 0 Å². The molecule has 0 radical (unpaired) electrons. The van der Waals surface area contributed by atoms with Gasteiger partial charge in [0.2, 0.25) is 53.2 Å². The zero-order chi connectivity index (χ0) is 62.5. The van der Waals surface area contributed by atoms with Crippen molar-refractivity contribution >= 4 is 70.0 Å². The Morgan fingerprint density at radius 3 is 1.81 bits per heavy atom. The number of amides is 11. The van der Waals surface area contributed by atoms with Gasteiger partial charge in [0, 0.05) is 50.9 Å². The Balaban J connectivity index is 1.59. The van der Waals surface area contributed by atoms with Crippen LogP contribution in [-0.4, -0.2) is 157 Å². The number of nitrogens with two attached hydrogens (primary N) is 2. The van der Waals surface area contributed by atoms with E-state index in [0.717, 1.165) is 10.8 Å². The molecule has 0 bridgehead atoms. The van der Waals surface area contributed by atoms with Crippen LogP contribution in [0.25, 0.3) is 10.8 Å². The standard InChI is InChI=1S/C62H87N13O11/c1-39(2)65-29-12-10-19-47(56(63)80)72-59(83)49-27-28-55(79)75(32-14-31-67-62(64)86)52(36-41-15-6-5-7-16-41)61(85)74-51(34-42-22-25-46(76)26-23-42)60(84)73-48(20-11-13-30-66-40(3)4)57(81)68-38-54(78)71-50(58(82)69-37-53(77)70-49)35-43-21-24-44-17-8-9-18-45(44)33-43/h5-9,15-18,21-26,33,39-40,47-52,65-66,76H,10-14,19-20,27-32,34-38H2,1-4H3,(H2,63,80)(H,68,81)(H,69,82)(H,70,77)(H,71,78)(H,72,83)(H,73,84)(H,74,85)(H3,64,67,86)/t47-,48?,49?,50?,51-,52-/m0/s1. The summed E-state index contributed by atoms with van der Waals surface area (Å²) in [5.74, 6) is -7.29. The molecule has 24 nitrogen and oxygen atoms in total. The second-order valence-corrected chi connectivity index (χ2v) is 22.2. The third-order valence-corrected chi connectivity index (χ3v) is 14.4. The highest BCUT2D eigenvalue weighted by Crippen LogP contribution is 2.19. The van der Waals surface area contributed by atoms with Gasteiger partial charge in [-0.3, -0.25) is 43.2 Å². The van der Waals surface area contributed by atoms with E-state index >= 15 is 9.59 Å². The fourth-order valence-corrected chi connectivity index (χ4v) is 9.83. The lowest BCUT2D eigenvalue weighted by molar-refractivity contribution is -0.142. The zero-order valence-electron chi connectivity index (χ0n) is 49.7. The van der Waals surface area contributed by atoms with Crippen LogP contribution in [-0.2, 0) is 62.4 Å². The van der Waals surface area contributed by atoms with Crippen molar-refractivity contribution in [2.75, 3.05) is 39.3 Å². The van der Waals surface area contributed by atoms with Gasteiger partial charge in [-0.05, 0) is 104 Å². The summed E-state index contributed by atoms with van der Waals surface area (Å²) in [7, 11) is 0. The minimum atomic E-state index is -1.54. The Morgan fingerprint density at radius 1 is 0.593 bits per heavy atom. The first-order chi connectivity index (χ1) is 41.1. The summed E-state index contributed by atoms with van der Waals surface area (Å²) in [6, 6.07) is 19.2. The third-order valence-electron chi connectivity index (χ3n) is 14.4. The van der Waals surface area contributed by atoms with Crippen LogP contribution in [0.5, 0.6) is 5.75 Å². The summed E-state index contributed by atoms with van der Waals surface area (Å²) in [5.41, 5.74) is 12.9. The SMILES string of the molecule is CC(C)NCCCCC1NC(=O)[C@H](Cc2ccc(O)cc2)NC(=O)[C@H](Cc2ccccc2)N(CCCNC(N)=O)C(=O)CCC(C(=O)N[C@@H](CCCCNC(C)C)C(N)=O)NC(=O)CNC(=O)C(Cc2ccc3ccccc3c2)NC(=O)CNC1=O. The van der Waals surface area contributed by atoms with E-state index in [1.54, 1.807) is 48.5 Å². The van der Waals surface area contributed by atoms with Gasteiger partial charge in [0.25, 0.3) is 0 Å². The number of phenolic OH excluding ortho intramolecular Hbond substituents is 1. The number of nitrogens with zero attached hydrogens (tertiary/aromatic N) is 1. The minimum Gasteiger partial charge on any atom is -0.508 e. The number of carbonyl (C=O) groups excluding carboxylic acids is 10. The van der Waals surface area contributed by atoms with Crippen molar-refractivity contribution in [2.45, 2.75) is 153 Å². The highest BCUT2D eigenvalue weighted by atomic mass is 16.3. The second-order valence-electron chi connectivity index (χ2n) is 22.2. The molecular formula is C62H87N13O11. The van der Waals surface area contributed by atoms with Crippen molar-refractivity contribution < 1.29 is 53.1 Å². The fraction of sp³-hybridized carbons (Fsp3) is 0.484. The number of hydrogen-bond donors (Lipinski definition) is 13. The maximum Gasteiger partial charge on any atom is 0.312 e. The molecule has 0 aromatic heterocycles. The van der Waals surface area contributed by atoms with E-state index < -0.39 is 121 Å². The Kier molecular flexibility index (Phi) is 28.2. The number of carbonyl (C=O) groups is 10. The molecule has 86 heavy (non-hydrogen) atoms. The van der Waals surface area contributed by atoms with E-state index in [2.05, 4.69) is 53.2 Å². The van der Waals surface area contributed by atoms with Crippen LogP contribution in [0.1, 0.15) is 102 Å². The van der Waals surface area contributed by atoms with Gasteiger partial charge in [0.1, 0.15) is 42.0 Å². The Morgan fingerprint density at radius 2 is 1.16 bits per heavy atom. The summed E-state index contributed by atoms with van der Waals surface area (Å²) in [4.78, 5) is 142. The average molecular weight is 1190 g/mol. The molecule has 4 aromatic rings. The molecule has 1 saturated heterocycles. The molecule has 3 unspecified atom stereocenters. The first-order valence-corrected chi connectivity index (χ1v) is 29.6. The normalized spacial score (nSPS) is 19.3. The van der Waals surface area contributed by atoms with Crippen LogP contribution < -0.4 is 64.6 Å². The van der Waals surface area contributed by atoms with Gasteiger partial charge >= 0.3 is 6.03 Å². The summed E-state index contributed by atoms with van der Waals surface area (Å²) in [5, 5.41) is 39.8. The number of primary amides is 2. The molecule has 15 N–H and O–H groups in total. The number of nitrogens with one attached hydrogen (secondary N) is 10. The molecule has 0 saturated carbocycles. The number of aromatic hydroxyl groups is 1. The first kappa shape index (κ1) is 68.1. The monoisotopic (exact) mass is 1190 g/mol. The summed E-state index contributed by atoms with van der Waals surface area (Å²) in [6.45, 7) is 7.62. The van der Waals surface area contributed by atoms with E-state index in [0.29, 0.717) is 55.5 Å². The van der Waals surface area contributed by atoms with Crippen molar-refractivity contribution in [3.8, 4) is 5.75 Å². The highest BCUT2D eigenvalue weighted by Gasteiger charge is 2.36. The van der Waals surface area contributed by atoms with Crippen molar-refractivity contribution in [2.24, 2.45) is 11.5 Å². The highest BCUT2D eigenvalue weighted by molar-refractivity contribution is 5.97. The zero-order valence-corrected chi connectivity index (χ0v) is 49.7. The third kappa shape index (κ3) is 24.1. The lowest BCUT2D eigenvalue weighted by atomic mass is 9.99. The molecule has 1 fully saturated rings. The second kappa shape index (κ2) is 35.6. The minimum absolute atomic E-state index is 0.0270. The molecule has 5 rings (SSSR count). The Labute approximate surface area is 502 Å². The van der Waals surface area contributed by atoms with Crippen molar-refractivity contribution in [3.63, 3.8) is 0 Å². The molecule has 11 amide bonds. The Hall–Kier alpha value is -8.64. The van der Waals surface area contributed by atoms with E-state index in [9.17, 15) is 43.5 Å². The van der Waals surface area contributed by atoms with Gasteiger partial charge < -0.3 is 74.6 Å². The van der Waals surface area contributed by atoms with E-state index in [1.165, 1.54) is 17.0 Å². The van der Waals surface area contributed by atoms with Gasteiger partial charge in [-0.15, -0.1) is 0 Å². The molecule has 1 aliphatic heterocycles. The number of fused-ring (bicyclic) bond motifs is 1. The van der Waals surface area contributed by atoms with Crippen molar-refractivity contribution in [1.82, 2.24) is 58.1 Å². The maximum absolute atomic E-state index is 15.2. The van der Waals surface area contributed by atoms with E-state index in [4.69, 9.17) is 11.5 Å². The molecule has 0 aliphatic carbocycles. The number of phenols is 1. The molecule has 6 atom stereocenters. The predicted octanol–water partition coefficient (Wildman–Crippen LogP) is 1.10. The lowest BCUT2D eigenvalue weighted by Gasteiger charge is -2.33. The van der Waals surface area contributed by atoms with Crippen LogP contribution in [0, 0.1) is 0 Å². The molecule has 1 heterocycles. The number of benzene rings is 4. The largest absolute Gasteiger partial charge is 0.508 e.